The quantitative estimate of drug-likeness (QED) is 0.584. The van der Waals surface area contributed by atoms with Gasteiger partial charge in [0.25, 0.3) is 0 Å². The van der Waals surface area contributed by atoms with Crippen LogP contribution in [-0.2, 0) is 19.6 Å². The molecular weight excluding hydrogens is 510 g/mol. The van der Waals surface area contributed by atoms with Crippen molar-refractivity contribution in [3.8, 4) is 0 Å². The standard InChI is InChI=1S/C21H23ClF2N4O4S2/c1-32-21(29)14-17(11-5-8-28(9-6-11)34(2,30)31)26-19(20-25-7-10-33-20)27-18(14)12-3-4-13(23)16(24)15(12)22/h4,7,10-12,18H,3,5-6,8-9H2,1-2H3,(H,26,27)/t12?,18-/m1/s1. The molecule has 1 N–H and O–H groups in total. The second kappa shape index (κ2) is 9.84. The summed E-state index contributed by atoms with van der Waals surface area (Å²) in [4.78, 5) is 21.9. The van der Waals surface area contributed by atoms with Crippen molar-refractivity contribution in [3.63, 3.8) is 0 Å². The number of allylic oxidation sites excluding steroid dienone is 4. The molecule has 1 aromatic heterocycles. The van der Waals surface area contributed by atoms with Crippen LogP contribution in [0.5, 0.6) is 0 Å². The maximum Gasteiger partial charge on any atom is 0.337 e. The summed E-state index contributed by atoms with van der Waals surface area (Å²) in [6.45, 7) is 0.564. The molecule has 8 nitrogen and oxygen atoms in total. The van der Waals surface area contributed by atoms with Gasteiger partial charge < -0.3 is 10.1 Å². The van der Waals surface area contributed by atoms with Gasteiger partial charge in [-0.25, -0.2) is 31.3 Å². The third kappa shape index (κ3) is 4.81. The fourth-order valence-electron chi connectivity index (χ4n) is 4.44. The van der Waals surface area contributed by atoms with Gasteiger partial charge in [-0.05, 0) is 25.3 Å². The number of hydrogen-bond donors (Lipinski definition) is 1. The average molecular weight is 533 g/mol. The first-order valence-electron chi connectivity index (χ1n) is 10.5. The molecule has 2 atom stereocenters. The number of aliphatic imine (C=N–C) groups is 1. The molecule has 1 aliphatic carbocycles. The molecule has 1 fully saturated rings. The van der Waals surface area contributed by atoms with E-state index in [4.69, 9.17) is 16.3 Å². The van der Waals surface area contributed by atoms with Crippen LogP contribution >= 0.6 is 22.9 Å². The first-order chi connectivity index (χ1) is 16.1. The van der Waals surface area contributed by atoms with Crippen LogP contribution < -0.4 is 5.32 Å². The fourth-order valence-corrected chi connectivity index (χ4v) is 6.20. The number of methoxy groups -OCH3 is 1. The Morgan fingerprint density at radius 3 is 2.62 bits per heavy atom. The molecule has 1 unspecified atom stereocenters. The van der Waals surface area contributed by atoms with Gasteiger partial charge in [0.2, 0.25) is 10.0 Å². The maximum atomic E-state index is 14.4. The zero-order chi connectivity index (χ0) is 24.6. The summed E-state index contributed by atoms with van der Waals surface area (Å²) < 4.78 is 58.6. The normalized spacial score (nSPS) is 25.1. The third-order valence-corrected chi connectivity index (χ3v) is 8.68. The molecule has 3 aliphatic rings. The molecule has 3 heterocycles. The van der Waals surface area contributed by atoms with Gasteiger partial charge in [-0.1, -0.05) is 11.6 Å². The number of thiazole rings is 1. The number of amidine groups is 1. The van der Waals surface area contributed by atoms with E-state index in [9.17, 15) is 22.0 Å². The van der Waals surface area contributed by atoms with Crippen molar-refractivity contribution in [1.82, 2.24) is 14.6 Å². The number of nitrogens with zero attached hydrogens (tertiary/aromatic N) is 3. The highest BCUT2D eigenvalue weighted by Crippen LogP contribution is 2.42. The number of halogens is 3. The van der Waals surface area contributed by atoms with Crippen LogP contribution in [0, 0.1) is 11.8 Å². The molecule has 4 rings (SSSR count). The first kappa shape index (κ1) is 25.0. The van der Waals surface area contributed by atoms with Crippen molar-refractivity contribution in [1.29, 1.82) is 0 Å². The monoisotopic (exact) mass is 532 g/mol. The molecule has 2 aliphatic heterocycles. The third-order valence-electron chi connectivity index (χ3n) is 6.16. The van der Waals surface area contributed by atoms with Crippen LogP contribution in [0.1, 0.15) is 24.3 Å². The number of aromatic nitrogens is 1. The Kier molecular flexibility index (Phi) is 7.22. The molecular formula is C21H23ClF2N4O4S2. The van der Waals surface area contributed by atoms with Crippen molar-refractivity contribution in [2.45, 2.75) is 25.3 Å². The SMILES string of the molecule is COC(=O)C1=C(C2CCN(S(C)(=O)=O)CC2)NC(c2nccs2)=N[C@@H]1C1CC=C(F)C(F)=C1Cl. The van der Waals surface area contributed by atoms with E-state index in [1.54, 1.807) is 11.6 Å². The summed E-state index contributed by atoms with van der Waals surface area (Å²) in [5.74, 6) is -3.54. The highest BCUT2D eigenvalue weighted by Gasteiger charge is 2.42. The molecule has 184 valence electrons. The number of hydrogen-bond acceptors (Lipinski definition) is 8. The lowest BCUT2D eigenvalue weighted by atomic mass is 9.81. The number of sulfonamides is 1. The smallest absolute Gasteiger partial charge is 0.337 e. The first-order valence-corrected chi connectivity index (χ1v) is 13.7. The summed E-state index contributed by atoms with van der Waals surface area (Å²) in [5, 5.41) is 5.19. The molecule has 13 heteroatoms. The van der Waals surface area contributed by atoms with Crippen molar-refractivity contribution in [2.24, 2.45) is 16.8 Å². The van der Waals surface area contributed by atoms with Gasteiger partial charge in [-0.2, -0.15) is 0 Å². The zero-order valence-corrected chi connectivity index (χ0v) is 20.8. The average Bonchev–Trinajstić information content (AvgIpc) is 3.36. The minimum absolute atomic E-state index is 0.0394. The van der Waals surface area contributed by atoms with Crippen molar-refractivity contribution >= 4 is 44.8 Å². The van der Waals surface area contributed by atoms with Gasteiger partial charge in [-0.15, -0.1) is 11.3 Å². The Morgan fingerprint density at radius 2 is 2.03 bits per heavy atom. The van der Waals surface area contributed by atoms with Crippen molar-refractivity contribution < 1.29 is 26.7 Å². The van der Waals surface area contributed by atoms with Gasteiger partial charge in [0.15, 0.2) is 22.5 Å². The molecule has 0 radical (unpaired) electrons. The van der Waals surface area contributed by atoms with Gasteiger partial charge in [0, 0.05) is 42.2 Å². The van der Waals surface area contributed by atoms with E-state index < -0.39 is 39.6 Å². The van der Waals surface area contributed by atoms with E-state index in [1.165, 1.54) is 22.8 Å². The van der Waals surface area contributed by atoms with E-state index in [0.29, 0.717) is 29.4 Å². The Bertz CT molecular complexity index is 1200. The van der Waals surface area contributed by atoms with Crippen molar-refractivity contribution in [2.75, 3.05) is 26.5 Å². The predicted molar refractivity (Wildman–Crippen MR) is 125 cm³/mol. The predicted octanol–water partition coefficient (Wildman–Crippen LogP) is 3.25. The van der Waals surface area contributed by atoms with E-state index in [2.05, 4.69) is 15.3 Å². The Labute approximate surface area is 205 Å². The second-order valence-corrected chi connectivity index (χ2v) is 11.5. The van der Waals surface area contributed by atoms with Crippen LogP contribution in [0.2, 0.25) is 0 Å². The van der Waals surface area contributed by atoms with Gasteiger partial charge in [0.1, 0.15) is 0 Å². The molecule has 1 aromatic rings. The summed E-state index contributed by atoms with van der Waals surface area (Å²) in [7, 11) is -2.11. The van der Waals surface area contributed by atoms with Crippen LogP contribution in [0.15, 0.2) is 50.6 Å². The van der Waals surface area contributed by atoms with Crippen LogP contribution in [-0.4, -0.2) is 62.0 Å². The van der Waals surface area contributed by atoms with Crippen LogP contribution in [0.25, 0.3) is 0 Å². The zero-order valence-electron chi connectivity index (χ0n) is 18.4. The number of carbonyl (C=O) groups excluding carboxylic acids is 1. The topological polar surface area (TPSA) is 101 Å². The lowest BCUT2D eigenvalue weighted by Gasteiger charge is -2.37. The molecule has 0 amide bonds. The number of rotatable bonds is 5. The van der Waals surface area contributed by atoms with E-state index in [0.717, 1.165) is 12.3 Å². The number of carbonyl (C=O) groups is 1. The number of ether oxygens (including phenoxy) is 1. The Hall–Kier alpha value is -2.15. The Morgan fingerprint density at radius 1 is 1.32 bits per heavy atom. The van der Waals surface area contributed by atoms with E-state index in [-0.39, 0.29) is 36.0 Å². The minimum atomic E-state index is -3.34. The van der Waals surface area contributed by atoms with Crippen LogP contribution in [0.3, 0.4) is 0 Å². The molecule has 0 spiro atoms. The molecule has 34 heavy (non-hydrogen) atoms. The lowest BCUT2D eigenvalue weighted by Crippen LogP contribution is -2.45. The number of nitrogens with one attached hydrogen (secondary N) is 1. The summed E-state index contributed by atoms with van der Waals surface area (Å²) >= 11 is 7.55. The second-order valence-electron chi connectivity index (χ2n) is 8.20. The fraction of sp³-hybridized carbons (Fsp3) is 0.476. The van der Waals surface area contributed by atoms with Crippen LogP contribution in [0.4, 0.5) is 8.78 Å². The Balaban J connectivity index is 1.79. The number of piperidine rings is 1. The van der Waals surface area contributed by atoms with Gasteiger partial charge in [-0.3, -0.25) is 4.99 Å². The summed E-state index contributed by atoms with van der Waals surface area (Å²) in [5.41, 5.74) is 0.692. The van der Waals surface area contributed by atoms with Gasteiger partial charge in [0.05, 0.1) is 30.0 Å². The molecule has 0 bridgehead atoms. The maximum absolute atomic E-state index is 14.4. The summed E-state index contributed by atoms with van der Waals surface area (Å²) in [6.07, 6.45) is 4.79. The van der Waals surface area contributed by atoms with Gasteiger partial charge >= 0.3 is 5.97 Å². The van der Waals surface area contributed by atoms with E-state index in [1.807, 2.05) is 0 Å². The van der Waals surface area contributed by atoms with E-state index >= 15 is 0 Å². The minimum Gasteiger partial charge on any atom is -0.466 e. The highest BCUT2D eigenvalue weighted by molar-refractivity contribution is 7.88. The number of esters is 1. The molecule has 1 saturated heterocycles. The van der Waals surface area contributed by atoms with Crippen molar-refractivity contribution in [3.05, 3.63) is 50.6 Å². The molecule has 0 saturated carbocycles. The molecule has 0 aromatic carbocycles. The lowest BCUT2D eigenvalue weighted by molar-refractivity contribution is -0.136. The highest BCUT2D eigenvalue weighted by atomic mass is 35.5. The largest absolute Gasteiger partial charge is 0.466 e. The summed E-state index contributed by atoms with van der Waals surface area (Å²) in [6, 6.07) is -0.946.